The van der Waals surface area contributed by atoms with Crippen LogP contribution in [0.15, 0.2) is 17.5 Å². The third-order valence-corrected chi connectivity index (χ3v) is 3.48. The van der Waals surface area contributed by atoms with Crippen LogP contribution in [0.25, 0.3) is 6.08 Å². The Morgan fingerprint density at radius 2 is 2.20 bits per heavy atom. The molecule has 1 aromatic heterocycles. The Labute approximate surface area is 120 Å². The van der Waals surface area contributed by atoms with Crippen LogP contribution in [0.5, 0.6) is 0 Å². The van der Waals surface area contributed by atoms with Crippen LogP contribution in [0.3, 0.4) is 0 Å². The minimum absolute atomic E-state index is 0.413. The van der Waals surface area contributed by atoms with Crippen LogP contribution in [0.1, 0.15) is 16.9 Å². The smallest absolute Gasteiger partial charge is 0.326 e. The van der Waals surface area contributed by atoms with Crippen molar-refractivity contribution in [2.75, 3.05) is 7.11 Å². The fourth-order valence-corrected chi connectivity index (χ4v) is 2.20. The van der Waals surface area contributed by atoms with Crippen molar-refractivity contribution in [1.29, 1.82) is 0 Å². The molecule has 0 bridgehead atoms. The molecule has 0 aliphatic carbocycles. The fraction of sp³-hybridized carbons (Fsp3) is 0.308. The molecule has 0 fully saturated rings. The zero-order valence-electron chi connectivity index (χ0n) is 11.1. The lowest BCUT2D eigenvalue weighted by atomic mass is 10.2. The van der Waals surface area contributed by atoms with Crippen LogP contribution in [-0.2, 0) is 19.1 Å². The molecule has 1 atom stereocenters. The van der Waals surface area contributed by atoms with Crippen molar-refractivity contribution in [2.45, 2.75) is 19.4 Å². The number of carbonyl (C=O) groups is 3. The van der Waals surface area contributed by atoms with Gasteiger partial charge in [0.1, 0.15) is 6.04 Å². The number of nitrogens with one attached hydrogen (secondary N) is 1. The van der Waals surface area contributed by atoms with Gasteiger partial charge in [0.25, 0.3) is 0 Å². The normalized spacial score (nSPS) is 12.1. The number of esters is 1. The number of carboxylic acids is 1. The molecule has 0 saturated heterocycles. The number of hydrogen-bond donors (Lipinski definition) is 2. The summed E-state index contributed by atoms with van der Waals surface area (Å²) in [6.45, 7) is 1.91. The highest BCUT2D eigenvalue weighted by Gasteiger charge is 2.22. The van der Waals surface area contributed by atoms with E-state index in [1.165, 1.54) is 17.4 Å². The number of methoxy groups -OCH3 is 1. The first-order valence-corrected chi connectivity index (χ1v) is 6.64. The second kappa shape index (κ2) is 7.44. The van der Waals surface area contributed by atoms with Crippen LogP contribution in [0, 0.1) is 6.92 Å². The number of carbonyl (C=O) groups excluding carboxylic acids is 2. The van der Waals surface area contributed by atoms with Gasteiger partial charge in [0.2, 0.25) is 5.91 Å². The molecule has 1 amide bonds. The van der Waals surface area contributed by atoms with Gasteiger partial charge in [-0.25, -0.2) is 4.79 Å². The van der Waals surface area contributed by atoms with Crippen molar-refractivity contribution in [3.05, 3.63) is 28.0 Å². The summed E-state index contributed by atoms with van der Waals surface area (Å²) in [5.41, 5.74) is 1.03. The van der Waals surface area contributed by atoms with Crippen LogP contribution < -0.4 is 5.32 Å². The second-order valence-corrected chi connectivity index (χ2v) is 4.93. The SMILES string of the molecule is COC(=O)C[C@H](NC(=O)C=Cc1sccc1C)C(=O)O. The minimum atomic E-state index is -1.30. The van der Waals surface area contributed by atoms with E-state index in [1.54, 1.807) is 6.08 Å². The second-order valence-electron chi connectivity index (χ2n) is 3.98. The standard InChI is InChI=1S/C13H15NO5S/c1-8-5-6-20-10(8)3-4-11(15)14-9(13(17)18)7-12(16)19-2/h3-6,9H,7H2,1-2H3,(H,14,15)(H,17,18)/t9-/m0/s1. The zero-order chi connectivity index (χ0) is 15.1. The van der Waals surface area contributed by atoms with E-state index >= 15 is 0 Å². The van der Waals surface area contributed by atoms with Gasteiger partial charge in [0.05, 0.1) is 13.5 Å². The molecule has 2 N–H and O–H groups in total. The first kappa shape index (κ1) is 15.9. The lowest BCUT2D eigenvalue weighted by Crippen LogP contribution is -2.41. The van der Waals surface area contributed by atoms with Gasteiger partial charge >= 0.3 is 11.9 Å². The molecule has 0 aromatic carbocycles. The Hall–Kier alpha value is -2.15. The van der Waals surface area contributed by atoms with Gasteiger partial charge in [-0.05, 0) is 30.0 Å². The zero-order valence-corrected chi connectivity index (χ0v) is 11.9. The van der Waals surface area contributed by atoms with Crippen molar-refractivity contribution in [1.82, 2.24) is 5.32 Å². The maximum absolute atomic E-state index is 11.6. The summed E-state index contributed by atoms with van der Waals surface area (Å²) in [7, 11) is 1.16. The van der Waals surface area contributed by atoms with Gasteiger partial charge in [-0.3, -0.25) is 9.59 Å². The summed E-state index contributed by atoms with van der Waals surface area (Å²) in [6, 6.07) is 0.614. The molecule has 0 aliphatic rings. The Balaban J connectivity index is 2.62. The van der Waals surface area contributed by atoms with Gasteiger partial charge in [-0.2, -0.15) is 0 Å². The van der Waals surface area contributed by atoms with Crippen molar-refractivity contribution < 1.29 is 24.2 Å². The average Bonchev–Trinajstić information content (AvgIpc) is 2.80. The molecule has 1 heterocycles. The van der Waals surface area contributed by atoms with Gasteiger partial charge in [0.15, 0.2) is 0 Å². The van der Waals surface area contributed by atoms with E-state index in [4.69, 9.17) is 5.11 Å². The average molecular weight is 297 g/mol. The number of amides is 1. The van der Waals surface area contributed by atoms with E-state index in [0.717, 1.165) is 17.6 Å². The van der Waals surface area contributed by atoms with Crippen molar-refractivity contribution in [3.63, 3.8) is 0 Å². The van der Waals surface area contributed by atoms with Gasteiger partial charge < -0.3 is 15.2 Å². The first-order valence-electron chi connectivity index (χ1n) is 5.76. The van der Waals surface area contributed by atoms with Gasteiger partial charge in [-0.15, -0.1) is 11.3 Å². The van der Waals surface area contributed by atoms with E-state index in [9.17, 15) is 14.4 Å². The highest BCUT2D eigenvalue weighted by molar-refractivity contribution is 7.11. The summed E-state index contributed by atoms with van der Waals surface area (Å²) >= 11 is 1.47. The Kier molecular flexibility index (Phi) is 5.92. The molecule has 0 unspecified atom stereocenters. The highest BCUT2D eigenvalue weighted by Crippen LogP contribution is 2.16. The number of ether oxygens (including phenoxy) is 1. The van der Waals surface area contributed by atoms with Crippen molar-refractivity contribution in [3.8, 4) is 0 Å². The summed E-state index contributed by atoms with van der Waals surface area (Å²) in [4.78, 5) is 34.5. The largest absolute Gasteiger partial charge is 0.480 e. The van der Waals surface area contributed by atoms with Gasteiger partial charge in [0, 0.05) is 11.0 Å². The number of hydrogen-bond acceptors (Lipinski definition) is 5. The Morgan fingerprint density at radius 1 is 1.50 bits per heavy atom. The van der Waals surface area contributed by atoms with Gasteiger partial charge in [-0.1, -0.05) is 0 Å². The van der Waals surface area contributed by atoms with E-state index < -0.39 is 30.3 Å². The van der Waals surface area contributed by atoms with Crippen LogP contribution in [0.2, 0.25) is 0 Å². The molecule has 0 saturated carbocycles. The molecule has 1 aromatic rings. The molecule has 108 valence electrons. The lowest BCUT2D eigenvalue weighted by molar-refractivity contribution is -0.148. The molecular weight excluding hydrogens is 282 g/mol. The summed E-state index contributed by atoms with van der Waals surface area (Å²) < 4.78 is 4.38. The summed E-state index contributed by atoms with van der Waals surface area (Å²) in [5.74, 6) is -2.56. The quantitative estimate of drug-likeness (QED) is 0.608. The van der Waals surface area contributed by atoms with Crippen molar-refractivity contribution >= 4 is 35.3 Å². The predicted octanol–water partition coefficient (Wildman–Crippen LogP) is 1.20. The molecule has 0 spiro atoms. The number of aryl methyl sites for hydroxylation is 1. The van der Waals surface area contributed by atoms with Crippen molar-refractivity contribution in [2.24, 2.45) is 0 Å². The maximum Gasteiger partial charge on any atom is 0.326 e. The monoisotopic (exact) mass is 297 g/mol. The summed E-state index contributed by atoms with van der Waals surface area (Å²) in [5, 5.41) is 13.1. The van der Waals surface area contributed by atoms with Crippen LogP contribution >= 0.6 is 11.3 Å². The van der Waals surface area contributed by atoms with Crippen LogP contribution in [-0.4, -0.2) is 36.1 Å². The number of rotatable bonds is 6. The number of aliphatic carboxylic acids is 1. The van der Waals surface area contributed by atoms with E-state index in [0.29, 0.717) is 0 Å². The Morgan fingerprint density at radius 3 is 2.70 bits per heavy atom. The lowest BCUT2D eigenvalue weighted by Gasteiger charge is -2.11. The molecular formula is C13H15NO5S. The molecule has 0 radical (unpaired) electrons. The maximum atomic E-state index is 11.6. The third-order valence-electron chi connectivity index (χ3n) is 2.50. The number of thiophene rings is 1. The van der Waals surface area contributed by atoms with E-state index in [1.807, 2.05) is 18.4 Å². The highest BCUT2D eigenvalue weighted by atomic mass is 32.1. The van der Waals surface area contributed by atoms with E-state index in [2.05, 4.69) is 10.1 Å². The predicted molar refractivity (Wildman–Crippen MR) is 74.3 cm³/mol. The molecule has 6 nitrogen and oxygen atoms in total. The minimum Gasteiger partial charge on any atom is -0.480 e. The molecule has 7 heteroatoms. The molecule has 20 heavy (non-hydrogen) atoms. The summed E-state index contributed by atoms with van der Waals surface area (Å²) in [6.07, 6.45) is 2.43. The fourth-order valence-electron chi connectivity index (χ4n) is 1.38. The topological polar surface area (TPSA) is 92.7 Å². The van der Waals surface area contributed by atoms with Crippen LogP contribution in [0.4, 0.5) is 0 Å². The third kappa shape index (κ3) is 4.85. The molecule has 1 rings (SSSR count). The number of carboxylic acid groups (broad SMARTS) is 1. The first-order chi connectivity index (χ1) is 9.43. The van der Waals surface area contributed by atoms with E-state index in [-0.39, 0.29) is 0 Å². The Bertz CT molecular complexity index is 535. The molecule has 0 aliphatic heterocycles.